The van der Waals surface area contributed by atoms with Gasteiger partial charge in [-0.2, -0.15) is 0 Å². The second-order valence-corrected chi connectivity index (χ2v) is 7.23. The van der Waals surface area contributed by atoms with E-state index in [1.54, 1.807) is 12.3 Å². The van der Waals surface area contributed by atoms with Crippen molar-refractivity contribution in [2.24, 2.45) is 5.92 Å². The number of nitrogens with zero attached hydrogens (tertiary/aromatic N) is 1. The van der Waals surface area contributed by atoms with Gasteiger partial charge in [-0.05, 0) is 37.0 Å². The molecule has 2 aliphatic rings. The molecule has 2 atom stereocenters. The molecule has 1 aromatic heterocycles. The van der Waals surface area contributed by atoms with Gasteiger partial charge in [-0.3, -0.25) is 14.5 Å². The fourth-order valence-electron chi connectivity index (χ4n) is 4.17. The number of hydrogen-bond donors (Lipinski definition) is 3. The lowest BCUT2D eigenvalue weighted by Gasteiger charge is -2.36. The second-order valence-electron chi connectivity index (χ2n) is 7.23. The molecule has 7 nitrogen and oxygen atoms in total. The van der Waals surface area contributed by atoms with E-state index in [1.165, 1.54) is 0 Å². The van der Waals surface area contributed by atoms with E-state index < -0.39 is 11.6 Å². The fraction of sp³-hybridized carbons (Fsp3) is 0.421. The zero-order valence-corrected chi connectivity index (χ0v) is 14.7. The maximum atomic E-state index is 12.9. The molecule has 2 fully saturated rings. The van der Waals surface area contributed by atoms with Gasteiger partial charge in [0, 0.05) is 17.1 Å². The van der Waals surface area contributed by atoms with Gasteiger partial charge >= 0.3 is 6.03 Å². The van der Waals surface area contributed by atoms with Crippen molar-refractivity contribution in [1.82, 2.24) is 15.2 Å². The standard InChI is InChI=1S/C19H22N4O3/c1-12-5-2-3-9-19(12)17(25)23(18(26)22-19)11-16(24)21-15-7-4-6-14-13(15)8-10-20-14/h4,6-8,10,12,20H,2-3,5,9,11H2,1H3,(H,21,24)(H,22,26). The number of carbonyl (C=O) groups excluding carboxylic acids is 3. The number of rotatable bonds is 3. The highest BCUT2D eigenvalue weighted by Crippen LogP contribution is 2.38. The number of nitrogens with one attached hydrogen (secondary N) is 3. The Kier molecular flexibility index (Phi) is 3.94. The van der Waals surface area contributed by atoms with E-state index in [2.05, 4.69) is 15.6 Å². The summed E-state index contributed by atoms with van der Waals surface area (Å²) in [6.45, 7) is 1.72. The van der Waals surface area contributed by atoms with Gasteiger partial charge in [0.2, 0.25) is 5.91 Å². The molecular weight excluding hydrogens is 332 g/mol. The molecule has 136 valence electrons. The first-order valence-electron chi connectivity index (χ1n) is 9.01. The van der Waals surface area contributed by atoms with Gasteiger partial charge in [0.15, 0.2) is 0 Å². The molecule has 3 N–H and O–H groups in total. The average Bonchev–Trinajstić information content (AvgIpc) is 3.18. The summed E-state index contributed by atoms with van der Waals surface area (Å²) < 4.78 is 0. The molecule has 1 spiro atoms. The van der Waals surface area contributed by atoms with Gasteiger partial charge in [0.1, 0.15) is 12.1 Å². The minimum atomic E-state index is -0.837. The Labute approximate surface area is 151 Å². The lowest BCUT2D eigenvalue weighted by Crippen LogP contribution is -2.54. The highest BCUT2D eigenvalue weighted by atomic mass is 16.2. The van der Waals surface area contributed by atoms with E-state index in [-0.39, 0.29) is 24.3 Å². The van der Waals surface area contributed by atoms with Crippen LogP contribution >= 0.6 is 0 Å². The van der Waals surface area contributed by atoms with E-state index >= 15 is 0 Å². The van der Waals surface area contributed by atoms with Crippen LogP contribution in [0.2, 0.25) is 0 Å². The van der Waals surface area contributed by atoms with Gasteiger partial charge in [0.05, 0.1) is 5.69 Å². The molecular formula is C19H22N4O3. The molecule has 0 radical (unpaired) electrons. The van der Waals surface area contributed by atoms with E-state index in [0.29, 0.717) is 12.1 Å². The second kappa shape index (κ2) is 6.16. The predicted molar refractivity (Wildman–Crippen MR) is 97.5 cm³/mol. The Morgan fingerprint density at radius 2 is 2.15 bits per heavy atom. The van der Waals surface area contributed by atoms with Gasteiger partial charge in [-0.15, -0.1) is 0 Å². The largest absolute Gasteiger partial charge is 0.361 e. The van der Waals surface area contributed by atoms with Crippen molar-refractivity contribution in [3.05, 3.63) is 30.5 Å². The van der Waals surface area contributed by atoms with Crippen LogP contribution in [-0.4, -0.2) is 39.8 Å². The summed E-state index contributed by atoms with van der Waals surface area (Å²) in [5, 5.41) is 6.56. The van der Waals surface area contributed by atoms with Crippen LogP contribution in [0.25, 0.3) is 10.9 Å². The molecule has 1 aliphatic carbocycles. The quantitative estimate of drug-likeness (QED) is 0.740. The third-order valence-corrected chi connectivity index (χ3v) is 5.67. The molecule has 1 aliphatic heterocycles. The highest BCUT2D eigenvalue weighted by Gasteiger charge is 2.55. The molecule has 2 aromatic rings. The summed E-state index contributed by atoms with van der Waals surface area (Å²) in [6.07, 6.45) is 5.31. The first kappa shape index (κ1) is 16.6. The third-order valence-electron chi connectivity index (χ3n) is 5.67. The van der Waals surface area contributed by atoms with Crippen LogP contribution < -0.4 is 10.6 Å². The average molecular weight is 354 g/mol. The lowest BCUT2D eigenvalue weighted by molar-refractivity contribution is -0.136. The number of aromatic amines is 1. The number of hydrogen-bond acceptors (Lipinski definition) is 3. The molecule has 1 aromatic carbocycles. The summed E-state index contributed by atoms with van der Waals surface area (Å²) in [7, 11) is 0. The van der Waals surface area contributed by atoms with Crippen LogP contribution in [-0.2, 0) is 9.59 Å². The molecule has 7 heteroatoms. The summed E-state index contributed by atoms with van der Waals surface area (Å²) in [5.74, 6) is -0.582. The monoisotopic (exact) mass is 354 g/mol. The van der Waals surface area contributed by atoms with E-state index in [9.17, 15) is 14.4 Å². The zero-order valence-electron chi connectivity index (χ0n) is 14.7. The number of aromatic nitrogens is 1. The molecule has 1 saturated carbocycles. The van der Waals surface area contributed by atoms with E-state index in [1.807, 2.05) is 25.1 Å². The topological polar surface area (TPSA) is 94.3 Å². The number of anilines is 1. The first-order chi connectivity index (χ1) is 12.5. The Bertz CT molecular complexity index is 890. The van der Waals surface area contributed by atoms with Gasteiger partial charge in [-0.1, -0.05) is 25.8 Å². The fourth-order valence-corrected chi connectivity index (χ4v) is 4.17. The molecule has 1 saturated heterocycles. The number of carbonyl (C=O) groups is 3. The van der Waals surface area contributed by atoms with Gasteiger partial charge in [-0.25, -0.2) is 4.79 Å². The predicted octanol–water partition coefficient (Wildman–Crippen LogP) is 2.61. The number of amides is 4. The Morgan fingerprint density at radius 3 is 2.96 bits per heavy atom. The van der Waals surface area contributed by atoms with Crippen LogP contribution in [0, 0.1) is 5.92 Å². The van der Waals surface area contributed by atoms with Crippen molar-refractivity contribution in [1.29, 1.82) is 0 Å². The molecule has 26 heavy (non-hydrogen) atoms. The van der Waals surface area contributed by atoms with Crippen molar-refractivity contribution >= 4 is 34.4 Å². The molecule has 4 rings (SSSR count). The SMILES string of the molecule is CC1CCCCC12NC(=O)N(CC(=O)Nc1cccc3[nH]ccc13)C2=O. The Hall–Kier alpha value is -2.83. The number of imide groups is 1. The first-order valence-corrected chi connectivity index (χ1v) is 9.01. The van der Waals surface area contributed by atoms with Crippen LogP contribution in [0.5, 0.6) is 0 Å². The van der Waals surface area contributed by atoms with Crippen LogP contribution in [0.15, 0.2) is 30.5 Å². The number of fused-ring (bicyclic) bond motifs is 1. The zero-order chi connectivity index (χ0) is 18.3. The van der Waals surface area contributed by atoms with Crippen LogP contribution in [0.3, 0.4) is 0 Å². The Balaban J connectivity index is 1.50. The van der Waals surface area contributed by atoms with Crippen molar-refractivity contribution in [3.8, 4) is 0 Å². The molecule has 4 amide bonds. The van der Waals surface area contributed by atoms with Crippen LogP contribution in [0.1, 0.15) is 32.6 Å². The normalized spacial score (nSPS) is 25.7. The summed E-state index contributed by atoms with van der Waals surface area (Å²) in [5.41, 5.74) is 0.727. The molecule has 2 heterocycles. The number of urea groups is 1. The van der Waals surface area contributed by atoms with Crippen LogP contribution in [0.4, 0.5) is 10.5 Å². The van der Waals surface area contributed by atoms with Crippen molar-refractivity contribution in [2.75, 3.05) is 11.9 Å². The van der Waals surface area contributed by atoms with Gasteiger partial charge in [0.25, 0.3) is 5.91 Å². The molecule has 2 unspecified atom stereocenters. The third kappa shape index (κ3) is 2.55. The minimum absolute atomic E-state index is 0.0781. The molecule has 0 bridgehead atoms. The van der Waals surface area contributed by atoms with Crippen molar-refractivity contribution < 1.29 is 14.4 Å². The smallest absolute Gasteiger partial charge is 0.325 e. The minimum Gasteiger partial charge on any atom is -0.361 e. The lowest BCUT2D eigenvalue weighted by atomic mass is 9.73. The maximum Gasteiger partial charge on any atom is 0.325 e. The van der Waals surface area contributed by atoms with Gasteiger partial charge < -0.3 is 15.6 Å². The van der Waals surface area contributed by atoms with E-state index in [0.717, 1.165) is 35.1 Å². The summed E-state index contributed by atoms with van der Waals surface area (Å²) >= 11 is 0. The highest BCUT2D eigenvalue weighted by molar-refractivity contribution is 6.11. The van der Waals surface area contributed by atoms with E-state index in [4.69, 9.17) is 0 Å². The van der Waals surface area contributed by atoms with Crippen molar-refractivity contribution in [3.63, 3.8) is 0 Å². The summed E-state index contributed by atoms with van der Waals surface area (Å²) in [6, 6.07) is 6.94. The van der Waals surface area contributed by atoms with Crippen molar-refractivity contribution in [2.45, 2.75) is 38.1 Å². The maximum absolute atomic E-state index is 12.9. The number of H-pyrrole nitrogens is 1. The Morgan fingerprint density at radius 1 is 1.31 bits per heavy atom. The summed E-state index contributed by atoms with van der Waals surface area (Å²) in [4.78, 5) is 41.9. The number of benzene rings is 1.